The number of alkyl halides is 3. The van der Waals surface area contributed by atoms with Gasteiger partial charge < -0.3 is 15.1 Å². The van der Waals surface area contributed by atoms with Gasteiger partial charge in [-0.05, 0) is 42.5 Å². The highest BCUT2D eigenvalue weighted by Crippen LogP contribution is 2.34. The van der Waals surface area contributed by atoms with Gasteiger partial charge in [-0.2, -0.15) is 13.2 Å². The number of hydrogen-bond donors (Lipinski definition) is 1. The molecule has 1 aliphatic rings. The van der Waals surface area contributed by atoms with Gasteiger partial charge in [0.25, 0.3) is 0 Å². The van der Waals surface area contributed by atoms with Gasteiger partial charge in [-0.3, -0.25) is 0 Å². The fourth-order valence-corrected chi connectivity index (χ4v) is 3.69. The van der Waals surface area contributed by atoms with Crippen molar-refractivity contribution in [1.29, 1.82) is 0 Å². The number of halogens is 5. The number of carbonyl (C=O) groups excluding carboxylic acids is 1. The number of hydrogen-bond acceptors (Lipinski definition) is 4. The third kappa shape index (κ3) is 5.48. The maximum Gasteiger partial charge on any atom is 0.416 e. The molecule has 172 valence electrons. The molecule has 0 spiro atoms. The summed E-state index contributed by atoms with van der Waals surface area (Å²) >= 11 is 11.9. The second kappa shape index (κ2) is 9.44. The summed E-state index contributed by atoms with van der Waals surface area (Å²) in [5, 5.41) is 11.7. The summed E-state index contributed by atoms with van der Waals surface area (Å²) < 4.78 is 38.8. The second-order valence-electron chi connectivity index (χ2n) is 7.38. The Labute approximate surface area is 197 Å². The molecule has 0 bridgehead atoms. The quantitative estimate of drug-likeness (QED) is 0.496. The van der Waals surface area contributed by atoms with Crippen molar-refractivity contribution < 1.29 is 18.0 Å². The number of amides is 2. The summed E-state index contributed by atoms with van der Waals surface area (Å²) in [5.41, 5.74) is 0.648. The van der Waals surface area contributed by atoms with Crippen LogP contribution in [0.5, 0.6) is 0 Å². The van der Waals surface area contributed by atoms with Crippen molar-refractivity contribution in [2.45, 2.75) is 6.18 Å². The van der Waals surface area contributed by atoms with Gasteiger partial charge in [0.15, 0.2) is 5.82 Å². The highest BCUT2D eigenvalue weighted by Gasteiger charge is 2.31. The van der Waals surface area contributed by atoms with Gasteiger partial charge in [0.1, 0.15) is 0 Å². The largest absolute Gasteiger partial charge is 0.416 e. The summed E-state index contributed by atoms with van der Waals surface area (Å²) in [6.45, 7) is 1.73. The molecule has 0 radical (unpaired) electrons. The Kier molecular flexibility index (Phi) is 6.62. The zero-order chi connectivity index (χ0) is 23.6. The second-order valence-corrected chi connectivity index (χ2v) is 8.22. The Balaban J connectivity index is 1.36. The van der Waals surface area contributed by atoms with Crippen LogP contribution >= 0.6 is 23.2 Å². The number of aromatic nitrogens is 2. The molecule has 2 aromatic carbocycles. The molecule has 1 aromatic heterocycles. The van der Waals surface area contributed by atoms with Gasteiger partial charge in [-0.25, -0.2) is 4.79 Å². The Hall–Kier alpha value is -3.04. The average molecular weight is 496 g/mol. The van der Waals surface area contributed by atoms with E-state index in [4.69, 9.17) is 23.2 Å². The lowest BCUT2D eigenvalue weighted by atomic mass is 10.1. The van der Waals surface area contributed by atoms with Gasteiger partial charge in [0.05, 0.1) is 22.0 Å². The van der Waals surface area contributed by atoms with E-state index in [0.717, 1.165) is 23.8 Å². The van der Waals surface area contributed by atoms with Crippen LogP contribution in [-0.4, -0.2) is 47.3 Å². The number of rotatable bonds is 3. The van der Waals surface area contributed by atoms with Crippen molar-refractivity contribution in [2.75, 3.05) is 36.4 Å². The summed E-state index contributed by atoms with van der Waals surface area (Å²) in [7, 11) is 0. The van der Waals surface area contributed by atoms with E-state index in [1.54, 1.807) is 12.1 Å². The maximum absolute atomic E-state index is 12.9. The normalized spacial score (nSPS) is 14.3. The minimum absolute atomic E-state index is 0.0334. The molecule has 0 aliphatic carbocycles. The molecule has 11 heteroatoms. The Morgan fingerprint density at radius 3 is 2.21 bits per heavy atom. The number of nitrogens with one attached hydrogen (secondary N) is 1. The molecule has 2 heterocycles. The average Bonchev–Trinajstić information content (AvgIpc) is 2.80. The molecule has 0 atom stereocenters. The first-order chi connectivity index (χ1) is 15.7. The highest BCUT2D eigenvalue weighted by molar-refractivity contribution is 6.33. The number of nitrogens with zero attached hydrogens (tertiary/aromatic N) is 4. The molecule has 1 saturated heterocycles. The van der Waals surface area contributed by atoms with Crippen LogP contribution in [0.4, 0.5) is 29.5 Å². The van der Waals surface area contributed by atoms with Crippen LogP contribution in [-0.2, 0) is 6.18 Å². The van der Waals surface area contributed by atoms with Crippen molar-refractivity contribution >= 4 is 40.7 Å². The zero-order valence-corrected chi connectivity index (χ0v) is 18.6. The first-order valence-corrected chi connectivity index (χ1v) is 10.7. The lowest BCUT2D eigenvalue weighted by molar-refractivity contribution is -0.137. The first-order valence-electron chi connectivity index (χ1n) is 9.98. The van der Waals surface area contributed by atoms with Crippen molar-refractivity contribution in [3.05, 3.63) is 70.2 Å². The fourth-order valence-electron chi connectivity index (χ4n) is 3.40. The minimum Gasteiger partial charge on any atom is -0.352 e. The predicted molar refractivity (Wildman–Crippen MR) is 122 cm³/mol. The lowest BCUT2D eigenvalue weighted by Crippen LogP contribution is -2.50. The number of piperazine rings is 1. The third-order valence-electron chi connectivity index (χ3n) is 5.22. The van der Waals surface area contributed by atoms with Crippen LogP contribution in [0.25, 0.3) is 11.3 Å². The molecule has 0 saturated carbocycles. The molecule has 1 fully saturated rings. The first kappa shape index (κ1) is 23.1. The maximum atomic E-state index is 12.9. The zero-order valence-electron chi connectivity index (χ0n) is 17.1. The van der Waals surface area contributed by atoms with E-state index in [1.165, 1.54) is 4.90 Å². The van der Waals surface area contributed by atoms with Crippen LogP contribution in [0.15, 0.2) is 54.6 Å². The Bertz CT molecular complexity index is 1130. The van der Waals surface area contributed by atoms with Crippen LogP contribution in [0, 0.1) is 0 Å². The molecule has 0 unspecified atom stereocenters. The molecule has 1 N–H and O–H groups in total. The molecule has 1 aliphatic heterocycles. The monoisotopic (exact) mass is 495 g/mol. The van der Waals surface area contributed by atoms with E-state index < -0.39 is 17.8 Å². The van der Waals surface area contributed by atoms with Crippen LogP contribution in [0.3, 0.4) is 0 Å². The van der Waals surface area contributed by atoms with Gasteiger partial charge >= 0.3 is 12.2 Å². The minimum atomic E-state index is -4.53. The van der Waals surface area contributed by atoms with Gasteiger partial charge in [0, 0.05) is 36.8 Å². The van der Waals surface area contributed by atoms with Gasteiger partial charge in [-0.1, -0.05) is 35.3 Å². The van der Waals surface area contributed by atoms with Gasteiger partial charge in [-0.15, -0.1) is 10.2 Å². The smallest absolute Gasteiger partial charge is 0.352 e. The molecule has 6 nitrogen and oxygen atoms in total. The van der Waals surface area contributed by atoms with Gasteiger partial charge in [0.2, 0.25) is 0 Å². The summed E-state index contributed by atoms with van der Waals surface area (Å²) in [5.74, 6) is 0.675. The topological polar surface area (TPSA) is 61.4 Å². The van der Waals surface area contributed by atoms with E-state index in [-0.39, 0.29) is 10.7 Å². The third-order valence-corrected chi connectivity index (χ3v) is 5.80. The summed E-state index contributed by atoms with van der Waals surface area (Å²) in [4.78, 5) is 16.1. The molecule has 4 rings (SSSR count). The van der Waals surface area contributed by atoms with E-state index in [1.807, 2.05) is 29.2 Å². The van der Waals surface area contributed by atoms with E-state index in [0.29, 0.717) is 42.7 Å². The van der Waals surface area contributed by atoms with Crippen LogP contribution in [0.2, 0.25) is 10.0 Å². The van der Waals surface area contributed by atoms with Crippen molar-refractivity contribution in [2.24, 2.45) is 0 Å². The lowest BCUT2D eigenvalue weighted by Gasteiger charge is -2.35. The molecular formula is C22H18Cl2F3N5O. The van der Waals surface area contributed by atoms with E-state index in [2.05, 4.69) is 15.5 Å². The van der Waals surface area contributed by atoms with E-state index >= 15 is 0 Å². The molecular weight excluding hydrogens is 478 g/mol. The Morgan fingerprint density at radius 1 is 0.909 bits per heavy atom. The van der Waals surface area contributed by atoms with Crippen LogP contribution in [0.1, 0.15) is 5.56 Å². The highest BCUT2D eigenvalue weighted by atomic mass is 35.5. The summed E-state index contributed by atoms with van der Waals surface area (Å²) in [6.07, 6.45) is -4.53. The number of benzene rings is 2. The Morgan fingerprint density at radius 2 is 1.61 bits per heavy atom. The van der Waals surface area contributed by atoms with Crippen molar-refractivity contribution in [3.63, 3.8) is 0 Å². The van der Waals surface area contributed by atoms with Crippen molar-refractivity contribution in [3.8, 4) is 11.3 Å². The SMILES string of the molecule is O=C(Nc1cc(C(F)(F)F)ccc1Cl)N1CCN(c2ccc(-c3ccc(Cl)cc3)nn2)CC1. The van der Waals surface area contributed by atoms with E-state index in [9.17, 15) is 18.0 Å². The predicted octanol–water partition coefficient (Wildman–Crippen LogP) is 5.82. The number of urea groups is 1. The molecule has 2 amide bonds. The fraction of sp³-hybridized carbons (Fsp3) is 0.227. The molecule has 3 aromatic rings. The van der Waals surface area contributed by atoms with Crippen LogP contribution < -0.4 is 10.2 Å². The molecule has 33 heavy (non-hydrogen) atoms. The number of anilines is 2. The standard InChI is InChI=1S/C22H18Cl2F3N5O/c23-16-4-1-14(2-5-16)18-7-8-20(30-29-18)31-9-11-32(12-10-31)21(33)28-19-13-15(22(25,26)27)3-6-17(19)24/h1-8,13H,9-12H2,(H,28,33). The summed E-state index contributed by atoms with van der Waals surface area (Å²) in [6, 6.07) is 13.3. The van der Waals surface area contributed by atoms with Crippen molar-refractivity contribution in [1.82, 2.24) is 15.1 Å². The number of carbonyl (C=O) groups is 1.